The van der Waals surface area contributed by atoms with Crippen molar-refractivity contribution in [3.8, 4) is 0 Å². The predicted molar refractivity (Wildman–Crippen MR) is 70.2 cm³/mol. The topological polar surface area (TPSA) is 55.4 Å². The molecule has 0 bridgehead atoms. The van der Waals surface area contributed by atoms with Crippen molar-refractivity contribution in [1.29, 1.82) is 0 Å². The molecular formula is C14H21NO3. The Morgan fingerprint density at radius 3 is 2.83 bits per heavy atom. The molecule has 1 amide bonds. The highest BCUT2D eigenvalue weighted by atomic mass is 16.5. The maximum absolute atomic E-state index is 11.5. The number of ether oxygens (including phenoxy) is 1. The van der Waals surface area contributed by atoms with Gasteiger partial charge in [-0.25, -0.2) is 4.79 Å². The van der Waals surface area contributed by atoms with E-state index in [1.807, 2.05) is 38.2 Å². The molecule has 0 saturated carbocycles. The first kappa shape index (κ1) is 14.5. The molecule has 0 fully saturated rings. The fourth-order valence-electron chi connectivity index (χ4n) is 1.79. The van der Waals surface area contributed by atoms with E-state index < -0.39 is 12.1 Å². The number of rotatable bonds is 6. The molecule has 1 rings (SSSR count). The van der Waals surface area contributed by atoms with E-state index in [-0.39, 0.29) is 5.92 Å². The highest BCUT2D eigenvalue weighted by Gasteiger charge is 2.15. The lowest BCUT2D eigenvalue weighted by atomic mass is 10.0. The van der Waals surface area contributed by atoms with Crippen molar-refractivity contribution < 1.29 is 14.3 Å². The summed E-state index contributed by atoms with van der Waals surface area (Å²) in [6, 6.07) is -0.459. The predicted octanol–water partition coefficient (Wildman–Crippen LogP) is 2.46. The first-order chi connectivity index (χ1) is 8.61. The lowest BCUT2D eigenvalue weighted by molar-refractivity contribution is -0.109. The van der Waals surface area contributed by atoms with Crippen molar-refractivity contribution >= 4 is 12.4 Å². The molecule has 4 heteroatoms. The van der Waals surface area contributed by atoms with Gasteiger partial charge in [-0.3, -0.25) is 0 Å². The number of carbonyl (C=O) groups excluding carboxylic acids is 2. The Labute approximate surface area is 108 Å². The molecule has 0 aromatic carbocycles. The van der Waals surface area contributed by atoms with Gasteiger partial charge in [0.15, 0.2) is 0 Å². The minimum absolute atomic E-state index is 0.237. The molecule has 0 aromatic heterocycles. The molecule has 18 heavy (non-hydrogen) atoms. The number of hydrogen-bond acceptors (Lipinski definition) is 3. The third-order valence-corrected chi connectivity index (χ3v) is 2.69. The van der Waals surface area contributed by atoms with Gasteiger partial charge in [-0.15, -0.1) is 0 Å². The summed E-state index contributed by atoms with van der Waals surface area (Å²) in [5.41, 5.74) is 0. The Hall–Kier alpha value is -1.58. The second-order valence-corrected chi connectivity index (χ2v) is 4.92. The summed E-state index contributed by atoms with van der Waals surface area (Å²) in [5, 5.41) is 2.57. The van der Waals surface area contributed by atoms with Crippen LogP contribution in [-0.2, 0) is 9.53 Å². The van der Waals surface area contributed by atoms with Crippen LogP contribution in [0, 0.1) is 11.8 Å². The Kier molecular flexibility index (Phi) is 6.19. The van der Waals surface area contributed by atoms with Crippen LogP contribution in [0.5, 0.6) is 0 Å². The van der Waals surface area contributed by atoms with Gasteiger partial charge in [0.25, 0.3) is 0 Å². The van der Waals surface area contributed by atoms with Crippen LogP contribution >= 0.6 is 0 Å². The molecule has 2 atom stereocenters. The van der Waals surface area contributed by atoms with Gasteiger partial charge < -0.3 is 14.8 Å². The lowest BCUT2D eigenvalue weighted by Gasteiger charge is -2.17. The van der Waals surface area contributed by atoms with Gasteiger partial charge in [0, 0.05) is 5.92 Å². The molecule has 0 aromatic rings. The number of nitrogens with one attached hydrogen (secondary N) is 1. The Morgan fingerprint density at radius 1 is 1.50 bits per heavy atom. The summed E-state index contributed by atoms with van der Waals surface area (Å²) in [5.74, 6) is 0.590. The van der Waals surface area contributed by atoms with Gasteiger partial charge in [-0.2, -0.15) is 0 Å². The molecule has 1 N–H and O–H groups in total. The quantitative estimate of drug-likeness (QED) is 0.738. The van der Waals surface area contributed by atoms with E-state index >= 15 is 0 Å². The number of allylic oxidation sites excluding steroid dienone is 3. The molecule has 0 spiro atoms. The molecule has 0 heterocycles. The summed E-state index contributed by atoms with van der Waals surface area (Å²) in [7, 11) is 0. The molecule has 1 unspecified atom stereocenters. The van der Waals surface area contributed by atoms with Crippen LogP contribution in [0.2, 0.25) is 0 Å². The smallest absolute Gasteiger partial charge is 0.407 e. The number of carbonyl (C=O) groups is 2. The maximum Gasteiger partial charge on any atom is 0.407 e. The zero-order chi connectivity index (χ0) is 13.4. The maximum atomic E-state index is 11.5. The summed E-state index contributed by atoms with van der Waals surface area (Å²) < 4.78 is 5.10. The Morgan fingerprint density at radius 2 is 2.28 bits per heavy atom. The molecular weight excluding hydrogens is 230 g/mol. The van der Waals surface area contributed by atoms with Crippen molar-refractivity contribution in [2.45, 2.75) is 32.7 Å². The summed E-state index contributed by atoms with van der Waals surface area (Å²) in [6.07, 6.45) is 9.72. The minimum Gasteiger partial charge on any atom is -0.449 e. The molecule has 0 saturated heterocycles. The van der Waals surface area contributed by atoms with Gasteiger partial charge in [0.1, 0.15) is 6.29 Å². The van der Waals surface area contributed by atoms with E-state index in [1.165, 1.54) is 0 Å². The minimum atomic E-state index is -0.518. The number of alkyl carbamates (subject to hydrolysis) is 1. The zero-order valence-corrected chi connectivity index (χ0v) is 11.0. The van der Waals surface area contributed by atoms with Gasteiger partial charge in [-0.05, 0) is 18.8 Å². The first-order valence-electron chi connectivity index (χ1n) is 6.33. The average molecular weight is 251 g/mol. The van der Waals surface area contributed by atoms with Crippen molar-refractivity contribution in [2.24, 2.45) is 11.8 Å². The SMILES string of the molecule is CC(C)CC(C=O)NC(=O)OC[C@@H]1C=CC=CC1. The fraction of sp³-hybridized carbons (Fsp3) is 0.571. The Balaban J connectivity index is 2.25. The summed E-state index contributed by atoms with van der Waals surface area (Å²) in [4.78, 5) is 22.3. The largest absolute Gasteiger partial charge is 0.449 e. The van der Waals surface area contributed by atoms with Crippen molar-refractivity contribution in [2.75, 3.05) is 6.61 Å². The highest BCUT2D eigenvalue weighted by molar-refractivity contribution is 5.73. The molecule has 1 aliphatic carbocycles. The van der Waals surface area contributed by atoms with Gasteiger partial charge in [-0.1, -0.05) is 38.2 Å². The van der Waals surface area contributed by atoms with E-state index in [4.69, 9.17) is 4.74 Å². The molecule has 1 aliphatic rings. The van der Waals surface area contributed by atoms with Crippen molar-refractivity contribution in [3.05, 3.63) is 24.3 Å². The third kappa shape index (κ3) is 5.66. The normalized spacial score (nSPS) is 19.6. The fourth-order valence-corrected chi connectivity index (χ4v) is 1.79. The summed E-state index contributed by atoms with van der Waals surface area (Å²) >= 11 is 0. The molecule has 0 aliphatic heterocycles. The van der Waals surface area contributed by atoms with E-state index in [0.29, 0.717) is 18.9 Å². The lowest BCUT2D eigenvalue weighted by Crippen LogP contribution is -2.37. The average Bonchev–Trinajstić information content (AvgIpc) is 2.36. The van der Waals surface area contributed by atoms with Gasteiger partial charge >= 0.3 is 6.09 Å². The molecule has 4 nitrogen and oxygen atoms in total. The second-order valence-electron chi connectivity index (χ2n) is 4.92. The van der Waals surface area contributed by atoms with Crippen LogP contribution < -0.4 is 5.32 Å². The standard InChI is InChI=1S/C14H21NO3/c1-11(2)8-13(9-16)15-14(17)18-10-12-6-4-3-5-7-12/h3-6,9,11-13H,7-8,10H2,1-2H3,(H,15,17)/t12-,13?/m1/s1. The first-order valence-corrected chi connectivity index (χ1v) is 6.33. The van der Waals surface area contributed by atoms with Crippen LogP contribution in [0.3, 0.4) is 0 Å². The number of aldehydes is 1. The van der Waals surface area contributed by atoms with Gasteiger partial charge in [0.05, 0.1) is 12.6 Å². The van der Waals surface area contributed by atoms with E-state index in [9.17, 15) is 9.59 Å². The zero-order valence-electron chi connectivity index (χ0n) is 11.0. The summed E-state index contributed by atoms with van der Waals surface area (Å²) in [6.45, 7) is 4.35. The van der Waals surface area contributed by atoms with Gasteiger partial charge in [0.2, 0.25) is 0 Å². The molecule has 0 radical (unpaired) electrons. The van der Waals surface area contributed by atoms with E-state index in [2.05, 4.69) is 5.32 Å². The van der Waals surface area contributed by atoms with Crippen LogP contribution in [0.25, 0.3) is 0 Å². The van der Waals surface area contributed by atoms with Crippen LogP contribution in [0.1, 0.15) is 26.7 Å². The monoisotopic (exact) mass is 251 g/mol. The molecule has 100 valence electrons. The van der Waals surface area contributed by atoms with Crippen molar-refractivity contribution in [3.63, 3.8) is 0 Å². The van der Waals surface area contributed by atoms with Crippen molar-refractivity contribution in [1.82, 2.24) is 5.32 Å². The Bertz CT molecular complexity index is 334. The highest BCUT2D eigenvalue weighted by Crippen LogP contribution is 2.11. The van der Waals surface area contributed by atoms with E-state index in [1.54, 1.807) is 0 Å². The number of amides is 1. The number of hydrogen-bond donors (Lipinski definition) is 1. The van der Waals surface area contributed by atoms with Crippen LogP contribution in [0.15, 0.2) is 24.3 Å². The van der Waals surface area contributed by atoms with E-state index in [0.717, 1.165) is 12.7 Å². The van der Waals surface area contributed by atoms with Crippen LogP contribution in [-0.4, -0.2) is 25.0 Å². The second kappa shape index (κ2) is 7.69. The van der Waals surface area contributed by atoms with Crippen LogP contribution in [0.4, 0.5) is 4.79 Å². The third-order valence-electron chi connectivity index (χ3n) is 2.69.